The molecule has 1 aliphatic heterocycles. The first-order valence-electron chi connectivity index (χ1n) is 8.59. The number of carbonyl (C=O) groups is 1. The molecule has 25 heavy (non-hydrogen) atoms. The number of aromatic nitrogens is 2. The third-order valence-electron chi connectivity index (χ3n) is 4.73. The van der Waals surface area contributed by atoms with E-state index >= 15 is 0 Å². The summed E-state index contributed by atoms with van der Waals surface area (Å²) >= 11 is 0. The van der Waals surface area contributed by atoms with Crippen LogP contribution >= 0.6 is 0 Å². The van der Waals surface area contributed by atoms with Gasteiger partial charge in [-0.05, 0) is 50.6 Å². The molecule has 2 N–H and O–H groups in total. The smallest absolute Gasteiger partial charge is 0.257 e. The Kier molecular flexibility index (Phi) is 5.15. The number of amides is 1. The molecule has 0 spiro atoms. The minimum Gasteiger partial charge on any atom is -0.368 e. The largest absolute Gasteiger partial charge is 0.368 e. The average molecular weight is 344 g/mol. The molecule has 0 radical (unpaired) electrons. The van der Waals surface area contributed by atoms with Crippen molar-refractivity contribution in [1.29, 1.82) is 0 Å². The SMILES string of the molecule is CCc1noc(-c2ccc(C)c(NC(=O)C3(OC)CCNCC3)c2)n1. The molecule has 0 atom stereocenters. The Morgan fingerprint density at radius 1 is 1.40 bits per heavy atom. The molecule has 0 saturated carbocycles. The summed E-state index contributed by atoms with van der Waals surface area (Å²) in [6, 6.07) is 5.71. The summed E-state index contributed by atoms with van der Waals surface area (Å²) in [5.74, 6) is 1.00. The van der Waals surface area contributed by atoms with Gasteiger partial charge in [0, 0.05) is 24.8 Å². The molecule has 0 unspecified atom stereocenters. The van der Waals surface area contributed by atoms with Crippen LogP contribution < -0.4 is 10.6 Å². The molecule has 7 heteroatoms. The van der Waals surface area contributed by atoms with Crippen LogP contribution in [0.2, 0.25) is 0 Å². The molecule has 7 nitrogen and oxygen atoms in total. The Bertz CT molecular complexity index is 751. The second kappa shape index (κ2) is 7.33. The van der Waals surface area contributed by atoms with Gasteiger partial charge in [-0.1, -0.05) is 18.1 Å². The summed E-state index contributed by atoms with van der Waals surface area (Å²) in [7, 11) is 1.60. The number of ether oxygens (including phenoxy) is 1. The second-order valence-corrected chi connectivity index (χ2v) is 6.30. The highest BCUT2D eigenvalue weighted by Gasteiger charge is 2.39. The van der Waals surface area contributed by atoms with E-state index in [1.165, 1.54) is 0 Å². The van der Waals surface area contributed by atoms with Crippen LogP contribution in [0, 0.1) is 6.92 Å². The topological polar surface area (TPSA) is 89.3 Å². The van der Waals surface area contributed by atoms with E-state index in [0.29, 0.717) is 31.0 Å². The molecule has 0 aliphatic carbocycles. The standard InChI is InChI=1S/C18H24N4O3/c1-4-15-21-16(25-22-15)13-6-5-12(2)14(11-13)20-17(23)18(24-3)7-9-19-10-8-18/h5-6,11,19H,4,7-10H2,1-3H3,(H,20,23). The molecule has 1 saturated heterocycles. The van der Waals surface area contributed by atoms with Gasteiger partial charge in [-0.3, -0.25) is 4.79 Å². The predicted molar refractivity (Wildman–Crippen MR) is 94.3 cm³/mol. The summed E-state index contributed by atoms with van der Waals surface area (Å²) < 4.78 is 10.9. The maximum absolute atomic E-state index is 12.9. The Balaban J connectivity index is 1.84. The monoisotopic (exact) mass is 344 g/mol. The van der Waals surface area contributed by atoms with Crippen molar-refractivity contribution in [2.75, 3.05) is 25.5 Å². The minimum atomic E-state index is -0.784. The lowest BCUT2D eigenvalue weighted by Gasteiger charge is -2.34. The van der Waals surface area contributed by atoms with Crippen molar-refractivity contribution in [2.24, 2.45) is 0 Å². The lowest BCUT2D eigenvalue weighted by molar-refractivity contribution is -0.140. The number of aryl methyl sites for hydroxylation is 2. The summed E-state index contributed by atoms with van der Waals surface area (Å²) in [6.07, 6.45) is 2.01. The number of nitrogens with zero attached hydrogens (tertiary/aromatic N) is 2. The zero-order chi connectivity index (χ0) is 17.9. The number of hydrogen-bond donors (Lipinski definition) is 2. The predicted octanol–water partition coefficient (Wildman–Crippen LogP) is 2.31. The van der Waals surface area contributed by atoms with Crippen LogP contribution in [0.4, 0.5) is 5.69 Å². The van der Waals surface area contributed by atoms with E-state index in [0.717, 1.165) is 29.9 Å². The van der Waals surface area contributed by atoms with E-state index in [4.69, 9.17) is 9.26 Å². The number of nitrogens with one attached hydrogen (secondary N) is 2. The van der Waals surface area contributed by atoms with Crippen molar-refractivity contribution in [3.8, 4) is 11.5 Å². The van der Waals surface area contributed by atoms with Gasteiger partial charge >= 0.3 is 0 Å². The van der Waals surface area contributed by atoms with Crippen LogP contribution in [0.15, 0.2) is 22.7 Å². The number of rotatable bonds is 5. The van der Waals surface area contributed by atoms with Gasteiger partial charge in [0.1, 0.15) is 5.60 Å². The van der Waals surface area contributed by atoms with Gasteiger partial charge in [0.2, 0.25) is 0 Å². The Labute approximate surface area is 147 Å². The first kappa shape index (κ1) is 17.6. The second-order valence-electron chi connectivity index (χ2n) is 6.30. The normalized spacial score (nSPS) is 16.6. The summed E-state index contributed by atoms with van der Waals surface area (Å²) in [5, 5.41) is 10.2. The number of benzene rings is 1. The molecular formula is C18H24N4O3. The molecule has 1 aromatic carbocycles. The van der Waals surface area contributed by atoms with Crippen LogP contribution in [-0.2, 0) is 16.0 Å². The van der Waals surface area contributed by atoms with Gasteiger partial charge in [0.15, 0.2) is 5.82 Å². The minimum absolute atomic E-state index is 0.114. The number of hydrogen-bond acceptors (Lipinski definition) is 6. The third-order valence-corrected chi connectivity index (χ3v) is 4.73. The molecule has 2 heterocycles. The lowest BCUT2D eigenvalue weighted by Crippen LogP contribution is -2.51. The van der Waals surface area contributed by atoms with Crippen molar-refractivity contribution in [1.82, 2.24) is 15.5 Å². The summed E-state index contributed by atoms with van der Waals surface area (Å²) in [4.78, 5) is 17.2. The number of piperidine rings is 1. The first-order chi connectivity index (χ1) is 12.1. The van der Waals surface area contributed by atoms with Gasteiger partial charge in [-0.25, -0.2) is 0 Å². The maximum Gasteiger partial charge on any atom is 0.257 e. The summed E-state index contributed by atoms with van der Waals surface area (Å²) in [6.45, 7) is 5.45. The van der Waals surface area contributed by atoms with E-state index in [1.54, 1.807) is 7.11 Å². The van der Waals surface area contributed by atoms with Crippen molar-refractivity contribution < 1.29 is 14.1 Å². The van der Waals surface area contributed by atoms with Gasteiger partial charge in [-0.15, -0.1) is 0 Å². The van der Waals surface area contributed by atoms with Gasteiger partial charge < -0.3 is 19.9 Å². The van der Waals surface area contributed by atoms with E-state index < -0.39 is 5.60 Å². The fourth-order valence-electron chi connectivity index (χ4n) is 3.00. The molecule has 3 rings (SSSR count). The Hall–Kier alpha value is -2.25. The Morgan fingerprint density at radius 2 is 2.16 bits per heavy atom. The molecule has 1 amide bonds. The molecule has 2 aromatic rings. The fourth-order valence-corrected chi connectivity index (χ4v) is 3.00. The van der Waals surface area contributed by atoms with Crippen LogP contribution in [-0.4, -0.2) is 41.8 Å². The van der Waals surface area contributed by atoms with E-state index in [9.17, 15) is 4.79 Å². The zero-order valence-electron chi connectivity index (χ0n) is 14.9. The van der Waals surface area contributed by atoms with E-state index in [1.807, 2.05) is 32.0 Å². The van der Waals surface area contributed by atoms with Gasteiger partial charge in [0.25, 0.3) is 11.8 Å². The van der Waals surface area contributed by atoms with Crippen molar-refractivity contribution in [2.45, 2.75) is 38.7 Å². The van der Waals surface area contributed by atoms with E-state index in [-0.39, 0.29) is 5.91 Å². The highest BCUT2D eigenvalue weighted by Crippen LogP contribution is 2.28. The Morgan fingerprint density at radius 3 is 2.80 bits per heavy atom. The highest BCUT2D eigenvalue weighted by molar-refractivity contribution is 5.98. The molecule has 1 aromatic heterocycles. The molecule has 1 aliphatic rings. The maximum atomic E-state index is 12.9. The van der Waals surface area contributed by atoms with Crippen molar-refractivity contribution >= 4 is 11.6 Å². The number of methoxy groups -OCH3 is 1. The first-order valence-corrected chi connectivity index (χ1v) is 8.59. The molecular weight excluding hydrogens is 320 g/mol. The van der Waals surface area contributed by atoms with Crippen LogP contribution in [0.1, 0.15) is 31.2 Å². The summed E-state index contributed by atoms with van der Waals surface area (Å²) in [5.41, 5.74) is 1.69. The fraction of sp³-hybridized carbons (Fsp3) is 0.500. The van der Waals surface area contributed by atoms with Crippen molar-refractivity contribution in [3.05, 3.63) is 29.6 Å². The lowest BCUT2D eigenvalue weighted by atomic mass is 9.91. The van der Waals surface area contributed by atoms with Gasteiger partial charge in [-0.2, -0.15) is 4.98 Å². The third kappa shape index (κ3) is 3.57. The zero-order valence-corrected chi connectivity index (χ0v) is 14.9. The molecule has 1 fully saturated rings. The van der Waals surface area contributed by atoms with Gasteiger partial charge in [0.05, 0.1) is 0 Å². The van der Waals surface area contributed by atoms with Crippen LogP contribution in [0.5, 0.6) is 0 Å². The number of anilines is 1. The number of carbonyl (C=O) groups excluding carboxylic acids is 1. The van der Waals surface area contributed by atoms with E-state index in [2.05, 4.69) is 20.8 Å². The van der Waals surface area contributed by atoms with Crippen LogP contribution in [0.25, 0.3) is 11.5 Å². The molecule has 0 bridgehead atoms. The highest BCUT2D eigenvalue weighted by atomic mass is 16.5. The van der Waals surface area contributed by atoms with Crippen LogP contribution in [0.3, 0.4) is 0 Å². The van der Waals surface area contributed by atoms with Crippen molar-refractivity contribution in [3.63, 3.8) is 0 Å². The average Bonchev–Trinajstić information content (AvgIpc) is 3.13. The molecule has 134 valence electrons. The quantitative estimate of drug-likeness (QED) is 0.865.